The minimum absolute atomic E-state index is 0.692. The lowest BCUT2D eigenvalue weighted by Gasteiger charge is -2.09. The molecule has 0 radical (unpaired) electrons. The van der Waals surface area contributed by atoms with Crippen molar-refractivity contribution in [2.45, 2.75) is 0 Å². The number of nitrogens with two attached hydrogens (primary N) is 4. The van der Waals surface area contributed by atoms with Crippen LogP contribution in [0.5, 0.6) is 23.0 Å². The van der Waals surface area contributed by atoms with Crippen LogP contribution in [-0.2, 0) is 0 Å². The fourth-order valence-electron chi connectivity index (χ4n) is 2.44. The first-order chi connectivity index (χ1) is 14.5. The zero-order valence-corrected chi connectivity index (χ0v) is 16.4. The van der Waals surface area contributed by atoms with E-state index in [9.17, 15) is 0 Å². The average molecular weight is 400 g/mol. The molecular weight excluding hydrogens is 376 g/mol. The van der Waals surface area contributed by atoms with Gasteiger partial charge in [0, 0.05) is 28.8 Å². The number of anilines is 4. The van der Waals surface area contributed by atoms with E-state index in [2.05, 4.69) is 0 Å². The molecule has 0 bridgehead atoms. The Balaban J connectivity index is 0.000000269. The maximum atomic E-state index is 5.78. The Kier molecular flexibility index (Phi) is 6.63. The Labute approximate surface area is 175 Å². The fraction of sp³-hybridized carbons (Fsp3) is 0. The van der Waals surface area contributed by atoms with E-state index in [-0.39, 0.29) is 0 Å². The van der Waals surface area contributed by atoms with Crippen LogP contribution in [0.15, 0.2) is 97.1 Å². The van der Waals surface area contributed by atoms with Crippen LogP contribution >= 0.6 is 0 Å². The number of hydrogen-bond donors (Lipinski definition) is 4. The van der Waals surface area contributed by atoms with E-state index >= 15 is 0 Å². The lowest BCUT2D eigenvalue weighted by molar-refractivity contribution is 0.460. The molecule has 4 aromatic carbocycles. The van der Waals surface area contributed by atoms with Gasteiger partial charge < -0.3 is 32.4 Å². The molecule has 0 aromatic heterocycles. The van der Waals surface area contributed by atoms with Crippen molar-refractivity contribution in [1.82, 2.24) is 0 Å². The molecule has 0 aliphatic carbocycles. The zero-order valence-electron chi connectivity index (χ0n) is 16.4. The lowest BCUT2D eigenvalue weighted by Crippen LogP contribution is -1.89. The third-order valence-corrected chi connectivity index (χ3v) is 3.97. The van der Waals surface area contributed by atoms with Gasteiger partial charge in [-0.25, -0.2) is 0 Å². The van der Waals surface area contributed by atoms with Gasteiger partial charge in [-0.3, -0.25) is 0 Å². The van der Waals surface area contributed by atoms with Crippen LogP contribution in [0.2, 0.25) is 0 Å². The lowest BCUT2D eigenvalue weighted by atomic mass is 10.3. The van der Waals surface area contributed by atoms with Crippen LogP contribution in [-0.4, -0.2) is 0 Å². The highest BCUT2D eigenvalue weighted by Gasteiger charge is 2.02. The summed E-state index contributed by atoms with van der Waals surface area (Å²) in [5, 5.41) is 0. The van der Waals surface area contributed by atoms with Crippen LogP contribution in [0.1, 0.15) is 0 Å². The maximum absolute atomic E-state index is 5.78. The molecule has 0 aliphatic rings. The standard InChI is InChI=1S/C18H16N2O2.C6H8N2/c19-13-4-8-15(9-5-13)21-17-2-1-3-18(12-17)22-16-10-6-14(20)7-11-16;7-5-1-2-6(8)4-3-5/h1-12H,19-20H2;1-4H,7-8H2. The Hall–Kier alpha value is -4.32. The molecule has 30 heavy (non-hydrogen) atoms. The van der Waals surface area contributed by atoms with Gasteiger partial charge in [0.05, 0.1) is 0 Å². The van der Waals surface area contributed by atoms with E-state index in [1.54, 1.807) is 48.5 Å². The molecule has 6 heteroatoms. The summed E-state index contributed by atoms with van der Waals surface area (Å²) in [6.07, 6.45) is 0. The highest BCUT2D eigenvalue weighted by molar-refractivity contribution is 5.48. The van der Waals surface area contributed by atoms with Crippen molar-refractivity contribution < 1.29 is 9.47 Å². The van der Waals surface area contributed by atoms with Gasteiger partial charge in [0.1, 0.15) is 23.0 Å². The summed E-state index contributed by atoms with van der Waals surface area (Å²) in [6.45, 7) is 0. The largest absolute Gasteiger partial charge is 0.457 e. The van der Waals surface area contributed by atoms with Crippen LogP contribution in [0.25, 0.3) is 0 Å². The van der Waals surface area contributed by atoms with E-state index < -0.39 is 0 Å². The van der Waals surface area contributed by atoms with Gasteiger partial charge in [0.25, 0.3) is 0 Å². The van der Waals surface area contributed by atoms with E-state index in [0.29, 0.717) is 22.9 Å². The van der Waals surface area contributed by atoms with Crippen LogP contribution in [0.3, 0.4) is 0 Å². The molecular formula is C24H24N4O2. The zero-order chi connectivity index (χ0) is 21.3. The number of hydrogen-bond acceptors (Lipinski definition) is 6. The number of nitrogen functional groups attached to an aromatic ring is 4. The second-order valence-corrected chi connectivity index (χ2v) is 6.48. The molecule has 6 nitrogen and oxygen atoms in total. The first kappa shape index (κ1) is 20.4. The summed E-state index contributed by atoms with van der Waals surface area (Å²) in [5.74, 6) is 2.83. The van der Waals surface area contributed by atoms with Gasteiger partial charge in [-0.05, 0) is 84.9 Å². The van der Waals surface area contributed by atoms with Crippen molar-refractivity contribution in [2.24, 2.45) is 0 Å². The van der Waals surface area contributed by atoms with Gasteiger partial charge in [-0.15, -0.1) is 0 Å². The van der Waals surface area contributed by atoms with Crippen molar-refractivity contribution in [3.63, 3.8) is 0 Å². The van der Waals surface area contributed by atoms with Crippen molar-refractivity contribution in [1.29, 1.82) is 0 Å². The van der Waals surface area contributed by atoms with Gasteiger partial charge in [-0.1, -0.05) is 6.07 Å². The molecule has 0 saturated heterocycles. The minimum atomic E-state index is 0.692. The second-order valence-electron chi connectivity index (χ2n) is 6.48. The first-order valence-electron chi connectivity index (χ1n) is 9.26. The molecule has 0 aliphatic heterocycles. The minimum Gasteiger partial charge on any atom is -0.457 e. The Morgan fingerprint density at radius 2 is 0.667 bits per heavy atom. The monoisotopic (exact) mass is 400 g/mol. The summed E-state index contributed by atoms with van der Waals surface area (Å²) in [5.41, 5.74) is 25.0. The third-order valence-electron chi connectivity index (χ3n) is 3.97. The van der Waals surface area contributed by atoms with Gasteiger partial charge in [0.2, 0.25) is 0 Å². The Morgan fingerprint density at radius 1 is 0.367 bits per heavy atom. The van der Waals surface area contributed by atoms with Crippen molar-refractivity contribution in [2.75, 3.05) is 22.9 Å². The summed E-state index contributed by atoms with van der Waals surface area (Å²) < 4.78 is 11.6. The SMILES string of the molecule is Nc1ccc(N)cc1.Nc1ccc(Oc2cccc(Oc3ccc(N)cc3)c2)cc1. The van der Waals surface area contributed by atoms with E-state index in [1.807, 2.05) is 48.5 Å². The van der Waals surface area contributed by atoms with Gasteiger partial charge in [0.15, 0.2) is 0 Å². The van der Waals surface area contributed by atoms with Crippen LogP contribution in [0, 0.1) is 0 Å². The number of ether oxygens (including phenoxy) is 2. The first-order valence-corrected chi connectivity index (χ1v) is 9.26. The second kappa shape index (κ2) is 9.75. The summed E-state index contributed by atoms with van der Waals surface area (Å²) in [7, 11) is 0. The van der Waals surface area contributed by atoms with Crippen molar-refractivity contribution in [3.8, 4) is 23.0 Å². The molecule has 0 atom stereocenters. The number of rotatable bonds is 4. The molecule has 0 fully saturated rings. The van der Waals surface area contributed by atoms with Gasteiger partial charge in [-0.2, -0.15) is 0 Å². The van der Waals surface area contributed by atoms with Crippen molar-refractivity contribution in [3.05, 3.63) is 97.1 Å². The smallest absolute Gasteiger partial charge is 0.131 e. The van der Waals surface area contributed by atoms with Crippen LogP contribution in [0.4, 0.5) is 22.7 Å². The van der Waals surface area contributed by atoms with E-state index in [1.165, 1.54) is 0 Å². The van der Waals surface area contributed by atoms with Crippen molar-refractivity contribution >= 4 is 22.7 Å². The Bertz CT molecular complexity index is 980. The summed E-state index contributed by atoms with van der Waals surface area (Å²) >= 11 is 0. The quantitative estimate of drug-likeness (QED) is 0.345. The molecule has 4 aromatic rings. The molecule has 0 heterocycles. The summed E-state index contributed by atoms with van der Waals surface area (Å²) in [4.78, 5) is 0. The highest BCUT2D eigenvalue weighted by atomic mass is 16.5. The normalized spacial score (nSPS) is 9.87. The number of benzene rings is 4. The average Bonchev–Trinajstić information content (AvgIpc) is 2.74. The molecule has 8 N–H and O–H groups in total. The predicted octanol–water partition coefficient (Wildman–Crippen LogP) is 5.29. The summed E-state index contributed by atoms with van der Waals surface area (Å²) in [6, 6.07) is 29.0. The van der Waals surface area contributed by atoms with Gasteiger partial charge >= 0.3 is 0 Å². The third kappa shape index (κ3) is 6.38. The molecule has 0 unspecified atom stereocenters. The highest BCUT2D eigenvalue weighted by Crippen LogP contribution is 2.28. The van der Waals surface area contributed by atoms with E-state index in [0.717, 1.165) is 22.9 Å². The molecule has 4 rings (SSSR count). The topological polar surface area (TPSA) is 123 Å². The fourth-order valence-corrected chi connectivity index (χ4v) is 2.44. The maximum Gasteiger partial charge on any atom is 0.131 e. The molecule has 0 amide bonds. The molecule has 152 valence electrons. The van der Waals surface area contributed by atoms with E-state index in [4.69, 9.17) is 32.4 Å². The Morgan fingerprint density at radius 3 is 1.00 bits per heavy atom. The van der Waals surface area contributed by atoms with Crippen LogP contribution < -0.4 is 32.4 Å². The molecule has 0 saturated carbocycles. The molecule has 0 spiro atoms. The predicted molar refractivity (Wildman–Crippen MR) is 124 cm³/mol.